The van der Waals surface area contributed by atoms with Crippen molar-refractivity contribution in [3.05, 3.63) is 54.1 Å². The molecule has 4 rings (SSSR count). The Morgan fingerprint density at radius 2 is 1.88 bits per heavy atom. The number of carbonyl (C=O) groups excluding carboxylic acids is 1. The molecule has 2 saturated heterocycles. The van der Waals surface area contributed by atoms with Crippen LogP contribution < -0.4 is 10.1 Å². The lowest BCUT2D eigenvalue weighted by molar-refractivity contribution is -0.141. The van der Waals surface area contributed by atoms with Crippen LogP contribution in [0.4, 0.5) is 0 Å². The highest BCUT2D eigenvalue weighted by atomic mass is 16.5. The van der Waals surface area contributed by atoms with Crippen molar-refractivity contribution in [1.29, 1.82) is 0 Å². The zero-order valence-electron chi connectivity index (χ0n) is 20.7. The average Bonchev–Trinajstić information content (AvgIpc) is 3.36. The Bertz CT molecular complexity index is 934. The first-order chi connectivity index (χ1) is 16.6. The highest BCUT2D eigenvalue weighted by Crippen LogP contribution is 2.33. The maximum atomic E-state index is 13.3. The predicted molar refractivity (Wildman–Crippen MR) is 136 cm³/mol. The fourth-order valence-electron chi connectivity index (χ4n) is 5.15. The van der Waals surface area contributed by atoms with Gasteiger partial charge in [-0.1, -0.05) is 49.4 Å². The third-order valence-corrected chi connectivity index (χ3v) is 7.20. The normalized spacial score (nSPS) is 21.5. The van der Waals surface area contributed by atoms with Crippen molar-refractivity contribution in [2.24, 2.45) is 0 Å². The molecule has 1 amide bonds. The second kappa shape index (κ2) is 11.8. The van der Waals surface area contributed by atoms with E-state index >= 15 is 0 Å². The Kier molecular flexibility index (Phi) is 8.59. The van der Waals surface area contributed by atoms with Crippen molar-refractivity contribution in [2.45, 2.75) is 38.2 Å². The molecule has 2 aliphatic heterocycles. The van der Waals surface area contributed by atoms with E-state index in [1.807, 2.05) is 18.2 Å². The molecule has 1 N–H and O–H groups in total. The first kappa shape index (κ1) is 24.7. The van der Waals surface area contributed by atoms with Crippen LogP contribution in [0.15, 0.2) is 48.5 Å². The lowest BCUT2D eigenvalue weighted by Crippen LogP contribution is -2.49. The molecular weight excluding hydrogens is 426 g/mol. The number of benzene rings is 2. The van der Waals surface area contributed by atoms with Gasteiger partial charge in [-0.05, 0) is 49.5 Å². The van der Waals surface area contributed by atoms with Gasteiger partial charge in [0.2, 0.25) is 0 Å². The quantitative estimate of drug-likeness (QED) is 0.544. The summed E-state index contributed by atoms with van der Waals surface area (Å²) in [4.78, 5) is 18.3. The van der Waals surface area contributed by atoms with Gasteiger partial charge in [-0.25, -0.2) is 0 Å². The number of hydrogen-bond acceptors (Lipinski definition) is 5. The molecule has 0 spiro atoms. The van der Waals surface area contributed by atoms with Crippen molar-refractivity contribution in [3.8, 4) is 16.9 Å². The molecule has 0 aromatic heterocycles. The smallest absolute Gasteiger partial charge is 0.252 e. The summed E-state index contributed by atoms with van der Waals surface area (Å²) < 4.78 is 11.7. The van der Waals surface area contributed by atoms with Gasteiger partial charge in [0.05, 0.1) is 7.11 Å². The average molecular weight is 466 g/mol. The van der Waals surface area contributed by atoms with Gasteiger partial charge in [0.1, 0.15) is 5.75 Å². The number of piperazine rings is 1. The van der Waals surface area contributed by atoms with Gasteiger partial charge in [0.25, 0.3) is 5.91 Å². The molecule has 184 valence electrons. The Morgan fingerprint density at radius 1 is 1.09 bits per heavy atom. The summed E-state index contributed by atoms with van der Waals surface area (Å²) in [5.41, 5.74) is 2.48. The van der Waals surface area contributed by atoms with Crippen molar-refractivity contribution in [2.75, 3.05) is 59.5 Å². The standard InChI is InChI=1S/C28H39N3O3/c1-3-30-16-18-31(19-17-30)15-8-14-29-27(32)28(13-7-20-34-28)22-23-9-6-10-24(21-23)25-11-4-5-12-26(25)33-2/h4-6,9-12,21H,3,7-8,13-20,22H2,1-2H3,(H,29,32)/t28-/m1/s1. The highest BCUT2D eigenvalue weighted by Gasteiger charge is 2.42. The number of rotatable bonds is 10. The summed E-state index contributed by atoms with van der Waals surface area (Å²) in [6.45, 7) is 10.3. The molecule has 34 heavy (non-hydrogen) atoms. The third-order valence-electron chi connectivity index (χ3n) is 7.20. The summed E-state index contributed by atoms with van der Waals surface area (Å²) in [5, 5.41) is 3.19. The molecule has 2 aromatic rings. The second-order valence-corrected chi connectivity index (χ2v) is 9.41. The number of ether oxygens (including phenoxy) is 2. The van der Waals surface area contributed by atoms with E-state index in [9.17, 15) is 4.79 Å². The zero-order valence-corrected chi connectivity index (χ0v) is 20.7. The Labute approximate surface area is 204 Å². The topological polar surface area (TPSA) is 54.0 Å². The molecule has 1 atom stereocenters. The molecule has 0 bridgehead atoms. The zero-order chi connectivity index (χ0) is 23.8. The molecule has 2 heterocycles. The van der Waals surface area contributed by atoms with Gasteiger partial charge in [-0.3, -0.25) is 4.79 Å². The van der Waals surface area contributed by atoms with Crippen LogP contribution in [0.5, 0.6) is 5.75 Å². The molecule has 0 aliphatic carbocycles. The summed E-state index contributed by atoms with van der Waals surface area (Å²) in [5.74, 6) is 0.879. The van der Waals surface area contributed by atoms with Crippen molar-refractivity contribution >= 4 is 5.91 Å². The molecule has 0 radical (unpaired) electrons. The first-order valence-corrected chi connectivity index (χ1v) is 12.7. The lowest BCUT2D eigenvalue weighted by atomic mass is 9.89. The lowest BCUT2D eigenvalue weighted by Gasteiger charge is -2.34. The molecule has 2 aliphatic rings. The monoisotopic (exact) mass is 465 g/mol. The van der Waals surface area contributed by atoms with E-state index in [1.165, 1.54) is 0 Å². The number of nitrogens with zero attached hydrogens (tertiary/aromatic N) is 2. The molecule has 6 nitrogen and oxygen atoms in total. The van der Waals surface area contributed by atoms with Crippen LogP contribution in [-0.4, -0.2) is 80.8 Å². The summed E-state index contributed by atoms with van der Waals surface area (Å²) in [6, 6.07) is 16.4. The van der Waals surface area contributed by atoms with E-state index in [4.69, 9.17) is 9.47 Å². The third kappa shape index (κ3) is 5.98. The van der Waals surface area contributed by atoms with Crippen molar-refractivity contribution in [3.63, 3.8) is 0 Å². The molecule has 6 heteroatoms. The van der Waals surface area contributed by atoms with Gasteiger partial charge in [-0.15, -0.1) is 0 Å². The van der Waals surface area contributed by atoms with E-state index in [2.05, 4.69) is 52.4 Å². The number of hydrogen-bond donors (Lipinski definition) is 1. The van der Waals surface area contributed by atoms with E-state index in [0.717, 1.165) is 81.0 Å². The predicted octanol–water partition coefficient (Wildman–Crippen LogP) is 3.60. The second-order valence-electron chi connectivity index (χ2n) is 9.41. The number of carbonyl (C=O) groups is 1. The SMILES string of the molecule is CCN1CCN(CCCNC(=O)[C@]2(Cc3cccc(-c4ccccc4OC)c3)CCCO2)CC1. The minimum absolute atomic E-state index is 0.0310. The van der Waals surface area contributed by atoms with Crippen molar-refractivity contribution in [1.82, 2.24) is 15.1 Å². The van der Waals surface area contributed by atoms with Crippen LogP contribution >= 0.6 is 0 Å². The van der Waals surface area contributed by atoms with Crippen LogP contribution in [0, 0.1) is 0 Å². The number of para-hydroxylation sites is 1. The van der Waals surface area contributed by atoms with Gasteiger partial charge in [0, 0.05) is 51.3 Å². The van der Waals surface area contributed by atoms with Gasteiger partial charge >= 0.3 is 0 Å². The van der Waals surface area contributed by atoms with Crippen LogP contribution in [0.25, 0.3) is 11.1 Å². The first-order valence-electron chi connectivity index (χ1n) is 12.7. The Morgan fingerprint density at radius 3 is 2.62 bits per heavy atom. The Balaban J connectivity index is 1.35. The van der Waals surface area contributed by atoms with Crippen molar-refractivity contribution < 1.29 is 14.3 Å². The van der Waals surface area contributed by atoms with Crippen LogP contribution in [0.2, 0.25) is 0 Å². The molecule has 0 saturated carbocycles. The Hall–Kier alpha value is -2.41. The van der Waals surface area contributed by atoms with Gasteiger partial charge < -0.3 is 24.6 Å². The van der Waals surface area contributed by atoms with E-state index in [1.54, 1.807) is 7.11 Å². The number of amides is 1. The van der Waals surface area contributed by atoms with Gasteiger partial charge in [-0.2, -0.15) is 0 Å². The van der Waals surface area contributed by atoms with E-state index in [0.29, 0.717) is 19.6 Å². The fraction of sp³-hybridized carbons (Fsp3) is 0.536. The maximum absolute atomic E-state index is 13.3. The highest BCUT2D eigenvalue weighted by molar-refractivity contribution is 5.86. The minimum atomic E-state index is -0.772. The maximum Gasteiger partial charge on any atom is 0.252 e. The molecule has 2 aromatic carbocycles. The summed E-state index contributed by atoms with van der Waals surface area (Å²) in [6.07, 6.45) is 3.23. The number of nitrogens with one attached hydrogen (secondary N) is 1. The van der Waals surface area contributed by atoms with E-state index < -0.39 is 5.60 Å². The molecule has 2 fully saturated rings. The van der Waals surface area contributed by atoms with Crippen LogP contribution in [0.3, 0.4) is 0 Å². The summed E-state index contributed by atoms with van der Waals surface area (Å²) >= 11 is 0. The van der Waals surface area contributed by atoms with E-state index in [-0.39, 0.29) is 5.91 Å². The molecule has 0 unspecified atom stereocenters. The summed E-state index contributed by atoms with van der Waals surface area (Å²) in [7, 11) is 1.69. The van der Waals surface area contributed by atoms with Crippen LogP contribution in [0.1, 0.15) is 31.7 Å². The van der Waals surface area contributed by atoms with Gasteiger partial charge in [0.15, 0.2) is 5.60 Å². The van der Waals surface area contributed by atoms with Crippen LogP contribution in [-0.2, 0) is 16.0 Å². The number of likely N-dealkylation sites (N-methyl/N-ethyl adjacent to an activating group) is 1. The number of methoxy groups -OCH3 is 1. The largest absolute Gasteiger partial charge is 0.496 e. The minimum Gasteiger partial charge on any atom is -0.496 e. The fourth-order valence-corrected chi connectivity index (χ4v) is 5.15. The molecular formula is C28H39N3O3.